The van der Waals surface area contributed by atoms with Crippen molar-refractivity contribution in [3.8, 4) is 10.6 Å². The zero-order valence-electron chi connectivity index (χ0n) is 16.2. The molecule has 7 nitrogen and oxygen atoms in total. The van der Waals surface area contributed by atoms with Gasteiger partial charge in [0.15, 0.2) is 0 Å². The molecule has 1 aliphatic rings. The molecule has 0 bridgehead atoms. The maximum Gasteiger partial charge on any atom is 0.255 e. The largest absolute Gasteiger partial charge is 0.356 e. The number of benzene rings is 1. The van der Waals surface area contributed by atoms with Crippen molar-refractivity contribution in [2.45, 2.75) is 32.9 Å². The molecule has 2 aromatic heterocycles. The highest BCUT2D eigenvalue weighted by atomic mass is 32.1. The van der Waals surface area contributed by atoms with Crippen LogP contribution in [0.25, 0.3) is 10.6 Å². The summed E-state index contributed by atoms with van der Waals surface area (Å²) in [5.41, 5.74) is 3.46. The lowest BCUT2D eigenvalue weighted by Gasteiger charge is -2.24. The Morgan fingerprint density at radius 3 is 2.86 bits per heavy atom. The predicted octanol–water partition coefficient (Wildman–Crippen LogP) is 2.64. The predicted molar refractivity (Wildman–Crippen MR) is 111 cm³/mol. The average molecular weight is 410 g/mol. The Balaban J connectivity index is 1.38. The first-order chi connectivity index (χ1) is 14.1. The first-order valence-corrected chi connectivity index (χ1v) is 10.5. The fraction of sp³-hybridized carbons (Fsp3) is 0.333. The van der Waals surface area contributed by atoms with Crippen molar-refractivity contribution in [2.75, 3.05) is 6.54 Å². The van der Waals surface area contributed by atoms with Crippen molar-refractivity contribution in [2.24, 2.45) is 5.92 Å². The van der Waals surface area contributed by atoms with Crippen LogP contribution in [0.4, 0.5) is 0 Å². The van der Waals surface area contributed by atoms with Gasteiger partial charge in [-0.25, -0.2) is 4.98 Å². The van der Waals surface area contributed by atoms with Gasteiger partial charge in [-0.05, 0) is 18.8 Å². The Labute approximate surface area is 173 Å². The van der Waals surface area contributed by atoms with Crippen molar-refractivity contribution in [1.82, 2.24) is 25.4 Å². The van der Waals surface area contributed by atoms with Gasteiger partial charge in [-0.2, -0.15) is 5.10 Å². The molecule has 150 valence electrons. The van der Waals surface area contributed by atoms with Crippen LogP contribution in [0.5, 0.6) is 0 Å². The van der Waals surface area contributed by atoms with Crippen LogP contribution in [-0.2, 0) is 24.3 Å². The quantitative estimate of drug-likeness (QED) is 0.655. The first-order valence-electron chi connectivity index (χ1n) is 9.67. The van der Waals surface area contributed by atoms with E-state index >= 15 is 0 Å². The van der Waals surface area contributed by atoms with Crippen molar-refractivity contribution in [3.63, 3.8) is 0 Å². The van der Waals surface area contributed by atoms with E-state index in [4.69, 9.17) is 0 Å². The van der Waals surface area contributed by atoms with Crippen LogP contribution in [0, 0.1) is 5.92 Å². The molecule has 3 heterocycles. The van der Waals surface area contributed by atoms with E-state index in [1.165, 1.54) is 6.92 Å². The summed E-state index contributed by atoms with van der Waals surface area (Å²) < 4.78 is 1.90. The van der Waals surface area contributed by atoms with Gasteiger partial charge < -0.3 is 10.6 Å². The van der Waals surface area contributed by atoms with Gasteiger partial charge in [0.05, 0.1) is 29.7 Å². The van der Waals surface area contributed by atoms with Gasteiger partial charge in [0, 0.05) is 31.0 Å². The standard InChI is InChI=1S/C21H23N5O2S/c1-14(27)22-10-15-7-8-26-19(9-15)18(12-24-26)20(28)23-11-17-13-29-21(25-17)16-5-3-2-4-6-16/h2-6,12-13,15H,7-11H2,1H3,(H,22,27)(H,23,28). The molecule has 8 heteroatoms. The van der Waals surface area contributed by atoms with Crippen molar-refractivity contribution < 1.29 is 9.59 Å². The normalized spacial score (nSPS) is 15.6. The number of fused-ring (bicyclic) bond motifs is 1. The Hall–Kier alpha value is -3.00. The molecule has 0 saturated heterocycles. The summed E-state index contributed by atoms with van der Waals surface area (Å²) in [6, 6.07) is 10.0. The maximum absolute atomic E-state index is 12.7. The van der Waals surface area contributed by atoms with E-state index in [9.17, 15) is 9.59 Å². The van der Waals surface area contributed by atoms with E-state index in [1.807, 2.05) is 40.4 Å². The highest BCUT2D eigenvalue weighted by molar-refractivity contribution is 7.13. The second-order valence-corrected chi connectivity index (χ2v) is 8.07. The maximum atomic E-state index is 12.7. The Morgan fingerprint density at radius 1 is 1.24 bits per heavy atom. The zero-order chi connectivity index (χ0) is 20.2. The van der Waals surface area contributed by atoms with E-state index in [0.717, 1.165) is 41.3 Å². The molecule has 29 heavy (non-hydrogen) atoms. The van der Waals surface area contributed by atoms with Crippen molar-refractivity contribution in [1.29, 1.82) is 0 Å². The lowest BCUT2D eigenvalue weighted by molar-refractivity contribution is -0.119. The molecule has 2 amide bonds. The molecule has 0 radical (unpaired) electrons. The van der Waals surface area contributed by atoms with Gasteiger partial charge >= 0.3 is 0 Å². The molecule has 2 N–H and O–H groups in total. The molecule has 3 aromatic rings. The molecule has 1 atom stereocenters. The Morgan fingerprint density at radius 2 is 2.07 bits per heavy atom. The van der Waals surface area contributed by atoms with E-state index < -0.39 is 0 Å². The van der Waals surface area contributed by atoms with E-state index in [1.54, 1.807) is 17.5 Å². The molecule has 0 aliphatic carbocycles. The summed E-state index contributed by atoms with van der Waals surface area (Å²) in [6.07, 6.45) is 3.32. The minimum atomic E-state index is -0.138. The number of nitrogens with one attached hydrogen (secondary N) is 2. The third-order valence-corrected chi connectivity index (χ3v) is 6.01. The number of thiazole rings is 1. The minimum Gasteiger partial charge on any atom is -0.356 e. The zero-order valence-corrected chi connectivity index (χ0v) is 17.0. The minimum absolute atomic E-state index is 0.0276. The fourth-order valence-electron chi connectivity index (χ4n) is 3.52. The summed E-state index contributed by atoms with van der Waals surface area (Å²) in [6.45, 7) is 3.29. The third-order valence-electron chi connectivity index (χ3n) is 5.07. The number of nitrogens with zero attached hydrogens (tertiary/aromatic N) is 3. The number of aromatic nitrogens is 3. The van der Waals surface area contributed by atoms with Crippen LogP contribution < -0.4 is 10.6 Å². The molecule has 0 spiro atoms. The van der Waals surface area contributed by atoms with Crippen LogP contribution in [0.1, 0.15) is 35.1 Å². The number of aryl methyl sites for hydroxylation is 1. The summed E-state index contributed by atoms with van der Waals surface area (Å²) in [4.78, 5) is 28.5. The highest BCUT2D eigenvalue weighted by Gasteiger charge is 2.25. The summed E-state index contributed by atoms with van der Waals surface area (Å²) >= 11 is 1.57. The second-order valence-electron chi connectivity index (χ2n) is 7.22. The third kappa shape index (κ3) is 4.54. The van der Waals surface area contributed by atoms with Gasteiger partial charge in [0.2, 0.25) is 5.91 Å². The smallest absolute Gasteiger partial charge is 0.255 e. The molecule has 1 aliphatic heterocycles. The van der Waals surface area contributed by atoms with Gasteiger partial charge in [-0.3, -0.25) is 14.3 Å². The fourth-order valence-corrected chi connectivity index (χ4v) is 4.34. The lowest BCUT2D eigenvalue weighted by Crippen LogP contribution is -2.33. The van der Waals surface area contributed by atoms with Crippen LogP contribution >= 0.6 is 11.3 Å². The van der Waals surface area contributed by atoms with Gasteiger partial charge in [0.1, 0.15) is 5.01 Å². The van der Waals surface area contributed by atoms with Crippen LogP contribution in [0.3, 0.4) is 0 Å². The SMILES string of the molecule is CC(=O)NCC1CCn2ncc(C(=O)NCc3csc(-c4ccccc4)n3)c2C1. The monoisotopic (exact) mass is 409 g/mol. The van der Waals surface area contributed by atoms with E-state index in [-0.39, 0.29) is 11.8 Å². The molecular weight excluding hydrogens is 386 g/mol. The van der Waals surface area contributed by atoms with Crippen LogP contribution in [-0.4, -0.2) is 33.1 Å². The number of amides is 2. The molecular formula is C21H23N5O2S. The van der Waals surface area contributed by atoms with Crippen LogP contribution in [0.15, 0.2) is 41.9 Å². The van der Waals surface area contributed by atoms with Gasteiger partial charge in [-0.15, -0.1) is 11.3 Å². The Bertz CT molecular complexity index is 1010. The number of carbonyl (C=O) groups is 2. The first kappa shape index (κ1) is 19.3. The molecule has 0 fully saturated rings. The Kier molecular flexibility index (Phi) is 5.71. The second kappa shape index (κ2) is 8.57. The van der Waals surface area contributed by atoms with Crippen LogP contribution in [0.2, 0.25) is 0 Å². The number of carbonyl (C=O) groups excluding carboxylic acids is 2. The molecule has 1 unspecified atom stereocenters. The average Bonchev–Trinajstić information content (AvgIpc) is 3.38. The van der Waals surface area contributed by atoms with Crippen molar-refractivity contribution >= 4 is 23.2 Å². The summed E-state index contributed by atoms with van der Waals surface area (Å²) in [5, 5.41) is 13.1. The van der Waals surface area contributed by atoms with Crippen molar-refractivity contribution in [3.05, 3.63) is 58.9 Å². The van der Waals surface area contributed by atoms with Gasteiger partial charge in [-0.1, -0.05) is 30.3 Å². The number of rotatable bonds is 6. The molecule has 1 aromatic carbocycles. The topological polar surface area (TPSA) is 88.9 Å². The molecule has 4 rings (SSSR count). The highest BCUT2D eigenvalue weighted by Crippen LogP contribution is 2.24. The lowest BCUT2D eigenvalue weighted by atomic mass is 9.94. The van der Waals surface area contributed by atoms with E-state index in [0.29, 0.717) is 24.6 Å². The summed E-state index contributed by atoms with van der Waals surface area (Å²) in [7, 11) is 0. The van der Waals surface area contributed by atoms with Gasteiger partial charge in [0.25, 0.3) is 5.91 Å². The molecule has 0 saturated carbocycles. The van der Waals surface area contributed by atoms with E-state index in [2.05, 4.69) is 20.7 Å². The number of hydrogen-bond donors (Lipinski definition) is 2. The number of hydrogen-bond acceptors (Lipinski definition) is 5. The summed E-state index contributed by atoms with van der Waals surface area (Å²) in [5.74, 6) is 0.155.